The predicted octanol–water partition coefficient (Wildman–Crippen LogP) is 2.13. The van der Waals surface area contributed by atoms with Gasteiger partial charge in [-0.15, -0.1) is 0 Å². The number of rotatable bonds is 5. The lowest BCUT2D eigenvalue weighted by Crippen LogP contribution is -2.46. The minimum Gasteiger partial charge on any atom is -0.480 e. The van der Waals surface area contributed by atoms with Crippen molar-refractivity contribution in [1.82, 2.24) is 5.32 Å². The Labute approximate surface area is 121 Å². The number of carboxylic acids is 1. The van der Waals surface area contributed by atoms with Crippen molar-refractivity contribution in [2.75, 3.05) is 5.32 Å². The van der Waals surface area contributed by atoms with Gasteiger partial charge in [-0.2, -0.15) is 0 Å². The van der Waals surface area contributed by atoms with Crippen LogP contribution in [0.1, 0.15) is 19.4 Å². The number of nitro benzene ring substituents is 1. The number of carboxylic acid groups (broad SMARTS) is 1. The van der Waals surface area contributed by atoms with Gasteiger partial charge in [0.1, 0.15) is 6.04 Å². The number of hydrogen-bond donors (Lipinski definition) is 3. The number of hydrogen-bond acceptors (Lipinski definition) is 4. The fourth-order valence-electron chi connectivity index (χ4n) is 1.76. The van der Waals surface area contributed by atoms with Crippen molar-refractivity contribution in [3.05, 3.63) is 33.9 Å². The molecule has 8 nitrogen and oxygen atoms in total. The van der Waals surface area contributed by atoms with Gasteiger partial charge in [-0.3, -0.25) is 10.1 Å². The smallest absolute Gasteiger partial charge is 0.326 e. The highest BCUT2D eigenvalue weighted by molar-refractivity contribution is 5.92. The molecule has 1 aromatic carbocycles. The Morgan fingerprint density at radius 3 is 2.38 bits per heavy atom. The van der Waals surface area contributed by atoms with E-state index < -0.39 is 23.0 Å². The maximum absolute atomic E-state index is 11.7. The zero-order chi connectivity index (χ0) is 16.2. The number of amides is 2. The van der Waals surface area contributed by atoms with Crippen molar-refractivity contribution in [2.24, 2.45) is 5.92 Å². The van der Waals surface area contributed by atoms with Crippen molar-refractivity contribution < 1.29 is 19.6 Å². The monoisotopic (exact) mass is 295 g/mol. The molecular formula is C13H17N3O5. The summed E-state index contributed by atoms with van der Waals surface area (Å²) in [7, 11) is 0. The molecule has 3 N–H and O–H groups in total. The van der Waals surface area contributed by atoms with E-state index in [0.29, 0.717) is 11.3 Å². The Morgan fingerprint density at radius 2 is 1.95 bits per heavy atom. The molecule has 0 spiro atoms. The van der Waals surface area contributed by atoms with Crippen molar-refractivity contribution in [1.29, 1.82) is 0 Å². The molecule has 1 aromatic rings. The van der Waals surface area contributed by atoms with Gasteiger partial charge in [0.25, 0.3) is 5.69 Å². The van der Waals surface area contributed by atoms with Gasteiger partial charge in [-0.25, -0.2) is 9.59 Å². The largest absolute Gasteiger partial charge is 0.480 e. The summed E-state index contributed by atoms with van der Waals surface area (Å²) in [5.41, 5.74) is 0.700. The van der Waals surface area contributed by atoms with E-state index in [-0.39, 0.29) is 11.6 Å². The topological polar surface area (TPSA) is 122 Å². The lowest BCUT2D eigenvalue weighted by molar-refractivity contribution is -0.385. The molecule has 0 radical (unpaired) electrons. The summed E-state index contributed by atoms with van der Waals surface area (Å²) < 4.78 is 0. The van der Waals surface area contributed by atoms with E-state index in [1.54, 1.807) is 20.8 Å². The fourth-order valence-corrected chi connectivity index (χ4v) is 1.76. The first kappa shape index (κ1) is 16.4. The molecule has 0 heterocycles. The second-order valence-electron chi connectivity index (χ2n) is 4.92. The third kappa shape index (κ3) is 4.44. The van der Waals surface area contributed by atoms with Gasteiger partial charge >= 0.3 is 12.0 Å². The molecule has 0 fully saturated rings. The summed E-state index contributed by atoms with van der Waals surface area (Å²) >= 11 is 0. The minimum absolute atomic E-state index is 0.0495. The molecule has 8 heteroatoms. The summed E-state index contributed by atoms with van der Waals surface area (Å²) in [5.74, 6) is -1.40. The number of nitrogens with zero attached hydrogens (tertiary/aromatic N) is 1. The molecule has 1 atom stereocenters. The standard InChI is InChI=1S/C13H17N3O5/c1-7(2)11(12(17)18)15-13(19)14-9-4-5-10(16(20)21)8(3)6-9/h4-7,11H,1-3H3,(H,17,18)(H2,14,15,19). The predicted molar refractivity (Wildman–Crippen MR) is 76.2 cm³/mol. The molecule has 0 aromatic heterocycles. The van der Waals surface area contributed by atoms with Crippen LogP contribution in [0.5, 0.6) is 0 Å². The Kier molecular flexibility index (Phi) is 5.23. The maximum Gasteiger partial charge on any atom is 0.326 e. The highest BCUT2D eigenvalue weighted by Crippen LogP contribution is 2.21. The zero-order valence-electron chi connectivity index (χ0n) is 11.9. The van der Waals surface area contributed by atoms with E-state index in [4.69, 9.17) is 5.11 Å². The van der Waals surface area contributed by atoms with Gasteiger partial charge in [-0.1, -0.05) is 13.8 Å². The molecule has 0 aliphatic carbocycles. The number of aryl methyl sites for hydroxylation is 1. The van der Waals surface area contributed by atoms with Gasteiger partial charge in [0.2, 0.25) is 0 Å². The number of benzene rings is 1. The molecule has 1 rings (SSSR count). The summed E-state index contributed by atoms with van der Waals surface area (Å²) in [5, 5.41) is 24.5. The van der Waals surface area contributed by atoms with Crippen LogP contribution in [-0.2, 0) is 4.79 Å². The number of nitrogens with one attached hydrogen (secondary N) is 2. The van der Waals surface area contributed by atoms with Crippen LogP contribution >= 0.6 is 0 Å². The van der Waals surface area contributed by atoms with E-state index in [0.717, 1.165) is 0 Å². The van der Waals surface area contributed by atoms with E-state index in [1.807, 2.05) is 0 Å². The Hall–Kier alpha value is -2.64. The number of anilines is 1. The minimum atomic E-state index is -1.12. The highest BCUT2D eigenvalue weighted by atomic mass is 16.6. The first-order valence-electron chi connectivity index (χ1n) is 6.27. The van der Waals surface area contributed by atoms with Crippen LogP contribution in [0, 0.1) is 23.0 Å². The van der Waals surface area contributed by atoms with Gasteiger partial charge in [0.05, 0.1) is 4.92 Å². The fraction of sp³-hybridized carbons (Fsp3) is 0.385. The first-order chi connectivity index (χ1) is 9.72. The second-order valence-corrected chi connectivity index (χ2v) is 4.92. The van der Waals surface area contributed by atoms with E-state index >= 15 is 0 Å². The van der Waals surface area contributed by atoms with E-state index in [2.05, 4.69) is 10.6 Å². The molecule has 0 saturated carbocycles. The van der Waals surface area contributed by atoms with Crippen molar-refractivity contribution in [3.8, 4) is 0 Å². The van der Waals surface area contributed by atoms with Crippen LogP contribution in [0.3, 0.4) is 0 Å². The van der Waals surface area contributed by atoms with Crippen LogP contribution in [-0.4, -0.2) is 28.1 Å². The number of nitro groups is 1. The number of carbonyl (C=O) groups is 2. The summed E-state index contributed by atoms with van der Waals surface area (Å²) in [6.07, 6.45) is 0. The Bertz CT molecular complexity index is 571. The highest BCUT2D eigenvalue weighted by Gasteiger charge is 2.23. The summed E-state index contributed by atoms with van der Waals surface area (Å²) in [4.78, 5) is 32.9. The molecule has 0 aliphatic rings. The SMILES string of the molecule is Cc1cc(NC(=O)NC(C(=O)O)C(C)C)ccc1[N+](=O)[O-]. The molecule has 0 aliphatic heterocycles. The van der Waals surface area contributed by atoms with Crippen LogP contribution in [0.25, 0.3) is 0 Å². The molecule has 2 amide bonds. The normalized spacial score (nSPS) is 11.8. The van der Waals surface area contributed by atoms with Crippen LogP contribution in [0.15, 0.2) is 18.2 Å². The van der Waals surface area contributed by atoms with Gasteiger partial charge < -0.3 is 15.7 Å². The van der Waals surface area contributed by atoms with Gasteiger partial charge in [-0.05, 0) is 25.0 Å². The number of urea groups is 1. The van der Waals surface area contributed by atoms with E-state index in [9.17, 15) is 19.7 Å². The number of carbonyl (C=O) groups excluding carboxylic acids is 1. The number of aliphatic carboxylic acids is 1. The van der Waals surface area contributed by atoms with Crippen molar-refractivity contribution in [3.63, 3.8) is 0 Å². The summed E-state index contributed by atoms with van der Waals surface area (Å²) in [6, 6.07) is 2.43. The van der Waals surface area contributed by atoms with Gasteiger partial charge in [0, 0.05) is 17.3 Å². The lowest BCUT2D eigenvalue weighted by atomic mass is 10.1. The van der Waals surface area contributed by atoms with Crippen LogP contribution in [0.2, 0.25) is 0 Å². The quantitative estimate of drug-likeness (QED) is 0.567. The average Bonchev–Trinajstić information content (AvgIpc) is 2.34. The third-order valence-corrected chi connectivity index (χ3v) is 2.87. The zero-order valence-corrected chi connectivity index (χ0v) is 11.9. The van der Waals surface area contributed by atoms with Crippen LogP contribution in [0.4, 0.5) is 16.2 Å². The average molecular weight is 295 g/mol. The molecule has 114 valence electrons. The molecule has 0 bridgehead atoms. The van der Waals surface area contributed by atoms with Crippen molar-refractivity contribution >= 4 is 23.4 Å². The Balaban J connectivity index is 2.77. The lowest BCUT2D eigenvalue weighted by Gasteiger charge is -2.18. The van der Waals surface area contributed by atoms with Crippen LogP contribution < -0.4 is 10.6 Å². The molecular weight excluding hydrogens is 278 g/mol. The first-order valence-corrected chi connectivity index (χ1v) is 6.27. The summed E-state index contributed by atoms with van der Waals surface area (Å²) in [6.45, 7) is 4.90. The maximum atomic E-state index is 11.7. The third-order valence-electron chi connectivity index (χ3n) is 2.87. The van der Waals surface area contributed by atoms with E-state index in [1.165, 1.54) is 18.2 Å². The molecule has 21 heavy (non-hydrogen) atoms. The Morgan fingerprint density at radius 1 is 1.33 bits per heavy atom. The van der Waals surface area contributed by atoms with Crippen molar-refractivity contribution in [2.45, 2.75) is 26.8 Å². The second kappa shape index (κ2) is 6.69. The molecule has 0 saturated heterocycles. The van der Waals surface area contributed by atoms with Gasteiger partial charge in [0.15, 0.2) is 0 Å². The molecule has 1 unspecified atom stereocenters.